The number of fused-ring (bicyclic) bond motifs is 1. The smallest absolute Gasteiger partial charge is 0.267 e. The molecular formula is C16H13BrN2OS. The maximum absolute atomic E-state index is 12.4. The lowest BCUT2D eigenvalue weighted by Crippen LogP contribution is -2.12. The lowest BCUT2D eigenvalue weighted by molar-refractivity contribution is 0.103. The fourth-order valence-electron chi connectivity index (χ4n) is 2.14. The van der Waals surface area contributed by atoms with Crippen LogP contribution in [0.3, 0.4) is 0 Å². The zero-order valence-electron chi connectivity index (χ0n) is 11.3. The highest BCUT2D eigenvalue weighted by Gasteiger charge is 2.16. The molecule has 2 aromatic carbocycles. The molecule has 0 aliphatic carbocycles. The molecule has 3 N–H and O–H groups in total. The molecule has 5 heteroatoms. The monoisotopic (exact) mass is 360 g/mol. The number of aryl methyl sites for hydroxylation is 1. The van der Waals surface area contributed by atoms with Gasteiger partial charge in [0.2, 0.25) is 0 Å². The van der Waals surface area contributed by atoms with Crippen LogP contribution in [0.15, 0.2) is 46.9 Å². The number of carbonyl (C=O) groups is 1. The van der Waals surface area contributed by atoms with Gasteiger partial charge in [0.05, 0.1) is 5.69 Å². The SMILES string of the molecule is Cc1cc(NC(=O)c2sc3ccccc3c2N)ccc1Br. The minimum atomic E-state index is -0.171. The lowest BCUT2D eigenvalue weighted by Gasteiger charge is -2.06. The summed E-state index contributed by atoms with van der Waals surface area (Å²) in [6, 6.07) is 13.5. The van der Waals surface area contributed by atoms with Gasteiger partial charge in [0.15, 0.2) is 0 Å². The van der Waals surface area contributed by atoms with Crippen molar-refractivity contribution >= 4 is 54.6 Å². The van der Waals surface area contributed by atoms with Crippen molar-refractivity contribution in [2.45, 2.75) is 6.92 Å². The van der Waals surface area contributed by atoms with Crippen molar-refractivity contribution in [2.24, 2.45) is 0 Å². The average molecular weight is 361 g/mol. The Hall–Kier alpha value is -1.85. The van der Waals surface area contributed by atoms with Crippen molar-refractivity contribution in [1.29, 1.82) is 0 Å². The third kappa shape index (κ3) is 2.66. The van der Waals surface area contributed by atoms with E-state index in [0.29, 0.717) is 10.6 Å². The number of halogens is 1. The molecule has 1 amide bonds. The summed E-state index contributed by atoms with van der Waals surface area (Å²) in [6.45, 7) is 1.98. The van der Waals surface area contributed by atoms with Gasteiger partial charge in [-0.25, -0.2) is 0 Å². The highest BCUT2D eigenvalue weighted by molar-refractivity contribution is 9.10. The zero-order valence-corrected chi connectivity index (χ0v) is 13.7. The molecule has 0 aliphatic rings. The second kappa shape index (κ2) is 5.50. The minimum Gasteiger partial charge on any atom is -0.397 e. The van der Waals surface area contributed by atoms with Gasteiger partial charge in [0, 0.05) is 20.2 Å². The summed E-state index contributed by atoms with van der Waals surface area (Å²) >= 11 is 4.86. The second-order valence-corrected chi connectivity index (χ2v) is 6.67. The van der Waals surface area contributed by atoms with E-state index in [1.807, 2.05) is 49.4 Å². The molecule has 0 bridgehead atoms. The highest BCUT2D eigenvalue weighted by atomic mass is 79.9. The molecule has 0 saturated carbocycles. The van der Waals surface area contributed by atoms with Crippen molar-refractivity contribution in [1.82, 2.24) is 0 Å². The van der Waals surface area contributed by atoms with Crippen LogP contribution in [0.4, 0.5) is 11.4 Å². The van der Waals surface area contributed by atoms with Crippen LogP contribution >= 0.6 is 27.3 Å². The number of benzene rings is 2. The molecule has 3 nitrogen and oxygen atoms in total. The Balaban J connectivity index is 1.93. The number of amides is 1. The number of hydrogen-bond acceptors (Lipinski definition) is 3. The minimum absolute atomic E-state index is 0.171. The topological polar surface area (TPSA) is 55.1 Å². The number of nitrogen functional groups attached to an aromatic ring is 1. The van der Waals surface area contributed by atoms with Crippen molar-refractivity contribution in [3.63, 3.8) is 0 Å². The van der Waals surface area contributed by atoms with E-state index in [-0.39, 0.29) is 5.91 Å². The van der Waals surface area contributed by atoms with Gasteiger partial charge in [-0.05, 0) is 36.8 Å². The van der Waals surface area contributed by atoms with Crippen LogP contribution in [-0.4, -0.2) is 5.91 Å². The third-order valence-corrected chi connectivity index (χ3v) is 5.33. The molecule has 0 saturated heterocycles. The van der Waals surface area contributed by atoms with Crippen LogP contribution < -0.4 is 11.1 Å². The second-order valence-electron chi connectivity index (χ2n) is 4.76. The zero-order chi connectivity index (χ0) is 15.0. The van der Waals surface area contributed by atoms with E-state index in [1.54, 1.807) is 0 Å². The van der Waals surface area contributed by atoms with E-state index < -0.39 is 0 Å². The van der Waals surface area contributed by atoms with Gasteiger partial charge in [0.1, 0.15) is 4.88 Å². The molecule has 3 rings (SSSR count). The van der Waals surface area contributed by atoms with Crippen molar-refractivity contribution < 1.29 is 4.79 Å². The summed E-state index contributed by atoms with van der Waals surface area (Å²) in [5.41, 5.74) is 8.46. The predicted octanol–water partition coefficient (Wildman–Crippen LogP) is 4.81. The number of hydrogen-bond donors (Lipinski definition) is 2. The fourth-order valence-corrected chi connectivity index (χ4v) is 3.41. The standard InChI is InChI=1S/C16H13BrN2OS/c1-9-8-10(6-7-12(9)17)19-16(20)15-14(18)11-4-2-3-5-13(11)21-15/h2-8H,18H2,1H3,(H,19,20). The van der Waals surface area contributed by atoms with Gasteiger partial charge < -0.3 is 11.1 Å². The first-order valence-electron chi connectivity index (χ1n) is 6.41. The fraction of sp³-hybridized carbons (Fsp3) is 0.0625. The molecule has 0 spiro atoms. The van der Waals surface area contributed by atoms with E-state index in [9.17, 15) is 4.79 Å². The Bertz CT molecular complexity index is 841. The van der Waals surface area contributed by atoms with Crippen LogP contribution in [0.2, 0.25) is 0 Å². The first-order chi connectivity index (χ1) is 10.1. The highest BCUT2D eigenvalue weighted by Crippen LogP contribution is 2.34. The molecule has 106 valence electrons. The molecule has 1 aromatic heterocycles. The van der Waals surface area contributed by atoms with Crippen molar-refractivity contribution in [3.05, 3.63) is 57.4 Å². The first kappa shape index (κ1) is 14.1. The van der Waals surface area contributed by atoms with Crippen LogP contribution in [0.5, 0.6) is 0 Å². The molecule has 0 unspecified atom stereocenters. The summed E-state index contributed by atoms with van der Waals surface area (Å²) in [7, 11) is 0. The quantitative estimate of drug-likeness (QED) is 0.688. The Labute approximate surface area is 134 Å². The van der Waals surface area contributed by atoms with Gasteiger partial charge >= 0.3 is 0 Å². The molecular weight excluding hydrogens is 348 g/mol. The summed E-state index contributed by atoms with van der Waals surface area (Å²) in [4.78, 5) is 13.0. The summed E-state index contributed by atoms with van der Waals surface area (Å²) in [6.07, 6.45) is 0. The molecule has 3 aromatic rings. The molecule has 0 aliphatic heterocycles. The van der Waals surface area contributed by atoms with Gasteiger partial charge in [-0.2, -0.15) is 0 Å². The first-order valence-corrected chi connectivity index (χ1v) is 8.01. The third-order valence-electron chi connectivity index (χ3n) is 3.26. The van der Waals surface area contributed by atoms with Gasteiger partial charge in [-0.3, -0.25) is 4.79 Å². The Morgan fingerprint density at radius 1 is 1.24 bits per heavy atom. The van der Waals surface area contributed by atoms with E-state index in [1.165, 1.54) is 11.3 Å². The Kier molecular flexibility index (Phi) is 3.69. The lowest BCUT2D eigenvalue weighted by atomic mass is 10.2. The van der Waals surface area contributed by atoms with Crippen LogP contribution in [0, 0.1) is 6.92 Å². The molecule has 0 radical (unpaired) electrons. The Morgan fingerprint density at radius 2 is 2.00 bits per heavy atom. The summed E-state index contributed by atoms with van der Waals surface area (Å²) in [5.74, 6) is -0.171. The van der Waals surface area contributed by atoms with E-state index >= 15 is 0 Å². The van der Waals surface area contributed by atoms with Crippen LogP contribution in [0.25, 0.3) is 10.1 Å². The Morgan fingerprint density at radius 3 is 2.71 bits per heavy atom. The molecule has 21 heavy (non-hydrogen) atoms. The maximum Gasteiger partial charge on any atom is 0.267 e. The number of carbonyl (C=O) groups excluding carboxylic acids is 1. The van der Waals surface area contributed by atoms with Crippen LogP contribution in [-0.2, 0) is 0 Å². The maximum atomic E-state index is 12.4. The number of rotatable bonds is 2. The van der Waals surface area contributed by atoms with E-state index in [2.05, 4.69) is 21.2 Å². The number of thiophene rings is 1. The van der Waals surface area contributed by atoms with Crippen LogP contribution in [0.1, 0.15) is 15.2 Å². The van der Waals surface area contributed by atoms with Gasteiger partial charge in [-0.1, -0.05) is 34.1 Å². The number of nitrogens with two attached hydrogens (primary N) is 1. The van der Waals surface area contributed by atoms with Crippen molar-refractivity contribution in [3.8, 4) is 0 Å². The summed E-state index contributed by atoms with van der Waals surface area (Å²) in [5, 5.41) is 3.83. The summed E-state index contributed by atoms with van der Waals surface area (Å²) < 4.78 is 2.04. The predicted molar refractivity (Wildman–Crippen MR) is 93.1 cm³/mol. The molecule has 0 fully saturated rings. The van der Waals surface area contributed by atoms with E-state index in [0.717, 1.165) is 25.8 Å². The molecule has 1 heterocycles. The molecule has 0 atom stereocenters. The van der Waals surface area contributed by atoms with Crippen molar-refractivity contribution in [2.75, 3.05) is 11.1 Å². The van der Waals surface area contributed by atoms with E-state index in [4.69, 9.17) is 5.73 Å². The number of anilines is 2. The average Bonchev–Trinajstić information content (AvgIpc) is 2.81. The van der Waals surface area contributed by atoms with Gasteiger partial charge in [-0.15, -0.1) is 11.3 Å². The number of nitrogens with one attached hydrogen (secondary N) is 1. The normalized spacial score (nSPS) is 10.8. The van der Waals surface area contributed by atoms with Gasteiger partial charge in [0.25, 0.3) is 5.91 Å². The largest absolute Gasteiger partial charge is 0.397 e.